The van der Waals surface area contributed by atoms with E-state index >= 15 is 0 Å². The van der Waals surface area contributed by atoms with E-state index in [2.05, 4.69) is 15.9 Å². The first-order chi connectivity index (χ1) is 5.22. The molecule has 0 saturated carbocycles. The summed E-state index contributed by atoms with van der Waals surface area (Å²) in [6.07, 6.45) is 0. The number of halogens is 2. The fourth-order valence-electron chi connectivity index (χ4n) is 0.902. The summed E-state index contributed by atoms with van der Waals surface area (Å²) in [7, 11) is 0. The summed E-state index contributed by atoms with van der Waals surface area (Å²) in [6.45, 7) is 2.05. The molecule has 0 fully saturated rings. The highest BCUT2D eigenvalue weighted by Crippen LogP contribution is 2.28. The fraction of sp³-hybridized carbons (Fsp3) is 0.333. The van der Waals surface area contributed by atoms with E-state index in [4.69, 9.17) is 11.6 Å². The maximum atomic E-state index is 6.09. The molecule has 1 aromatic rings. The van der Waals surface area contributed by atoms with Crippen molar-refractivity contribution < 1.29 is 0 Å². The van der Waals surface area contributed by atoms with Crippen LogP contribution in [0.1, 0.15) is 17.9 Å². The molecule has 0 N–H and O–H groups in total. The first kappa shape index (κ1) is 9.08. The SMILES string of the molecule is C[C@H](Br)[C@H](Cl)c1ccccc1. The average Bonchev–Trinajstić information content (AvgIpc) is 2.05. The summed E-state index contributed by atoms with van der Waals surface area (Å²) in [5, 5.41) is 0.0659. The molecule has 0 aliphatic heterocycles. The van der Waals surface area contributed by atoms with Crippen LogP contribution in [-0.4, -0.2) is 4.83 Å². The van der Waals surface area contributed by atoms with Crippen LogP contribution in [0.5, 0.6) is 0 Å². The average molecular weight is 234 g/mol. The molecule has 1 aromatic carbocycles. The number of hydrogen-bond donors (Lipinski definition) is 0. The molecule has 0 radical (unpaired) electrons. The Hall–Kier alpha value is -0.0100. The van der Waals surface area contributed by atoms with Gasteiger partial charge in [-0.2, -0.15) is 0 Å². The van der Waals surface area contributed by atoms with Gasteiger partial charge in [-0.15, -0.1) is 11.6 Å². The zero-order chi connectivity index (χ0) is 8.27. The second-order valence-corrected chi connectivity index (χ2v) is 4.40. The van der Waals surface area contributed by atoms with E-state index in [-0.39, 0.29) is 5.38 Å². The first-order valence-electron chi connectivity index (χ1n) is 3.55. The van der Waals surface area contributed by atoms with Crippen LogP contribution in [0.25, 0.3) is 0 Å². The van der Waals surface area contributed by atoms with Crippen LogP contribution in [-0.2, 0) is 0 Å². The third kappa shape index (κ3) is 2.49. The molecule has 0 aliphatic rings. The van der Waals surface area contributed by atoms with Crippen LogP contribution in [0.4, 0.5) is 0 Å². The van der Waals surface area contributed by atoms with E-state index in [9.17, 15) is 0 Å². The van der Waals surface area contributed by atoms with Crippen molar-refractivity contribution in [2.75, 3.05) is 0 Å². The smallest absolute Gasteiger partial charge is 0.0707 e. The molecule has 2 heteroatoms. The fourth-order valence-corrected chi connectivity index (χ4v) is 1.35. The van der Waals surface area contributed by atoms with E-state index in [0.717, 1.165) is 0 Å². The molecule has 11 heavy (non-hydrogen) atoms. The number of rotatable bonds is 2. The van der Waals surface area contributed by atoms with Gasteiger partial charge >= 0.3 is 0 Å². The van der Waals surface area contributed by atoms with Gasteiger partial charge in [-0.3, -0.25) is 0 Å². The van der Waals surface area contributed by atoms with Crippen molar-refractivity contribution in [3.8, 4) is 0 Å². The summed E-state index contributed by atoms with van der Waals surface area (Å²) >= 11 is 9.54. The molecule has 0 amide bonds. The van der Waals surface area contributed by atoms with E-state index in [1.165, 1.54) is 5.56 Å². The molecule has 0 nitrogen and oxygen atoms in total. The minimum absolute atomic E-state index is 0.0659. The van der Waals surface area contributed by atoms with E-state index in [1.807, 2.05) is 37.3 Å². The second-order valence-electron chi connectivity index (χ2n) is 2.49. The maximum Gasteiger partial charge on any atom is 0.0707 e. The second kappa shape index (κ2) is 4.13. The zero-order valence-corrected chi connectivity index (χ0v) is 8.64. The van der Waals surface area contributed by atoms with E-state index in [0.29, 0.717) is 4.83 Å². The van der Waals surface area contributed by atoms with Crippen molar-refractivity contribution in [2.45, 2.75) is 17.1 Å². The van der Waals surface area contributed by atoms with Gasteiger partial charge in [-0.1, -0.05) is 53.2 Å². The summed E-state index contributed by atoms with van der Waals surface area (Å²) in [5.41, 5.74) is 1.17. The Morgan fingerprint density at radius 2 is 1.82 bits per heavy atom. The number of hydrogen-bond acceptors (Lipinski definition) is 0. The largest absolute Gasteiger partial charge is 0.117 e. The van der Waals surface area contributed by atoms with Crippen LogP contribution in [0.15, 0.2) is 30.3 Å². The van der Waals surface area contributed by atoms with Gasteiger partial charge in [0.2, 0.25) is 0 Å². The van der Waals surface area contributed by atoms with Gasteiger partial charge in [0.25, 0.3) is 0 Å². The van der Waals surface area contributed by atoms with E-state index in [1.54, 1.807) is 0 Å². The molecule has 0 heterocycles. The van der Waals surface area contributed by atoms with Gasteiger partial charge in [-0.05, 0) is 5.56 Å². The molecule has 0 unspecified atom stereocenters. The van der Waals surface area contributed by atoms with Gasteiger partial charge in [0.15, 0.2) is 0 Å². The normalized spacial score (nSPS) is 15.9. The van der Waals surface area contributed by atoms with Crippen molar-refractivity contribution in [3.63, 3.8) is 0 Å². The van der Waals surface area contributed by atoms with Crippen LogP contribution >= 0.6 is 27.5 Å². The lowest BCUT2D eigenvalue weighted by Gasteiger charge is -2.11. The van der Waals surface area contributed by atoms with E-state index < -0.39 is 0 Å². The molecular weight excluding hydrogens is 223 g/mol. The lowest BCUT2D eigenvalue weighted by molar-refractivity contribution is 0.920. The van der Waals surface area contributed by atoms with Crippen molar-refractivity contribution in [2.24, 2.45) is 0 Å². The topological polar surface area (TPSA) is 0 Å². The predicted octanol–water partition coefficient (Wildman–Crippen LogP) is 3.75. The molecule has 1 rings (SSSR count). The summed E-state index contributed by atoms with van der Waals surface area (Å²) in [4.78, 5) is 0.312. The first-order valence-corrected chi connectivity index (χ1v) is 4.90. The lowest BCUT2D eigenvalue weighted by Crippen LogP contribution is -2.00. The highest BCUT2D eigenvalue weighted by Gasteiger charge is 2.12. The molecule has 0 aliphatic carbocycles. The van der Waals surface area contributed by atoms with Crippen molar-refractivity contribution in [3.05, 3.63) is 35.9 Å². The summed E-state index contributed by atoms with van der Waals surface area (Å²) in [6, 6.07) is 10.1. The lowest BCUT2D eigenvalue weighted by atomic mass is 10.1. The zero-order valence-electron chi connectivity index (χ0n) is 6.30. The van der Waals surface area contributed by atoms with Crippen molar-refractivity contribution >= 4 is 27.5 Å². The highest BCUT2D eigenvalue weighted by atomic mass is 79.9. The molecular formula is C9H10BrCl. The number of alkyl halides is 2. The third-order valence-electron chi connectivity index (χ3n) is 1.52. The molecule has 60 valence electrons. The molecule has 0 bridgehead atoms. The quantitative estimate of drug-likeness (QED) is 0.683. The Morgan fingerprint density at radius 3 is 2.27 bits per heavy atom. The van der Waals surface area contributed by atoms with Crippen LogP contribution in [0.3, 0.4) is 0 Å². The monoisotopic (exact) mass is 232 g/mol. The molecule has 0 saturated heterocycles. The van der Waals surface area contributed by atoms with Crippen molar-refractivity contribution in [1.29, 1.82) is 0 Å². The van der Waals surface area contributed by atoms with Gasteiger partial charge in [0.1, 0.15) is 0 Å². The molecule has 2 atom stereocenters. The summed E-state index contributed by atoms with van der Waals surface area (Å²) < 4.78 is 0. The van der Waals surface area contributed by atoms with Crippen LogP contribution in [0.2, 0.25) is 0 Å². The highest BCUT2D eigenvalue weighted by molar-refractivity contribution is 9.09. The van der Waals surface area contributed by atoms with Gasteiger partial charge in [-0.25, -0.2) is 0 Å². The molecule has 0 spiro atoms. The Balaban J connectivity index is 2.77. The molecule has 0 aromatic heterocycles. The van der Waals surface area contributed by atoms with Crippen LogP contribution < -0.4 is 0 Å². The third-order valence-corrected chi connectivity index (χ3v) is 2.98. The Morgan fingerprint density at radius 1 is 1.27 bits per heavy atom. The maximum absolute atomic E-state index is 6.09. The minimum Gasteiger partial charge on any atom is -0.117 e. The van der Waals surface area contributed by atoms with Gasteiger partial charge in [0.05, 0.1) is 5.38 Å². The Bertz CT molecular complexity index is 208. The summed E-state index contributed by atoms with van der Waals surface area (Å²) in [5.74, 6) is 0. The minimum atomic E-state index is 0.0659. The van der Waals surface area contributed by atoms with Crippen LogP contribution in [0, 0.1) is 0 Å². The predicted molar refractivity (Wildman–Crippen MR) is 53.4 cm³/mol. The Labute approximate surface area is 80.7 Å². The number of benzene rings is 1. The standard InChI is InChI=1S/C9H10BrCl/c1-7(10)9(11)8-5-3-2-4-6-8/h2-7,9H,1H3/t7-,9-/m0/s1. The Kier molecular flexibility index (Phi) is 3.41. The van der Waals surface area contributed by atoms with Gasteiger partial charge in [0, 0.05) is 4.83 Å². The van der Waals surface area contributed by atoms with Gasteiger partial charge < -0.3 is 0 Å². The van der Waals surface area contributed by atoms with Crippen molar-refractivity contribution in [1.82, 2.24) is 0 Å².